The van der Waals surface area contributed by atoms with E-state index < -0.39 is 42.7 Å². The van der Waals surface area contributed by atoms with Crippen LogP contribution in [0.5, 0.6) is 0 Å². The van der Waals surface area contributed by atoms with Crippen molar-refractivity contribution < 1.29 is 47.0 Å². The van der Waals surface area contributed by atoms with Gasteiger partial charge in [0.1, 0.15) is 18.2 Å². The highest BCUT2D eigenvalue weighted by atomic mass is 32.1. The summed E-state index contributed by atoms with van der Waals surface area (Å²) in [6, 6.07) is 11.7. The van der Waals surface area contributed by atoms with Crippen LogP contribution in [-0.2, 0) is 29.3 Å². The molecule has 4 atom stereocenters. The molecule has 0 radical (unpaired) electrons. The van der Waals surface area contributed by atoms with Crippen molar-refractivity contribution in [3.8, 4) is 0 Å². The number of morpholine rings is 1. The number of amides is 4. The first kappa shape index (κ1) is 34.1. The maximum Gasteiger partial charge on any atom is 0.399 e. The highest BCUT2D eigenvalue weighted by Gasteiger charge is 2.50. The Labute approximate surface area is 278 Å². The van der Waals surface area contributed by atoms with Gasteiger partial charge in [0.25, 0.3) is 5.91 Å². The molecule has 12 nitrogen and oxygen atoms in total. The summed E-state index contributed by atoms with van der Waals surface area (Å²) in [4.78, 5) is 77.4. The molecule has 0 bridgehead atoms. The zero-order valence-corrected chi connectivity index (χ0v) is 27.7. The number of thiophene rings is 1. The molecule has 256 valence electrons. The lowest BCUT2D eigenvalue weighted by atomic mass is 10.1. The van der Waals surface area contributed by atoms with E-state index in [9.17, 15) is 32.5 Å². The molecular formula is C32H35F2N4O8PS. The molecule has 0 spiro atoms. The van der Waals surface area contributed by atoms with Crippen molar-refractivity contribution in [3.05, 3.63) is 70.6 Å². The fraction of sp³-hybridized carbons (Fsp3) is 0.438. The van der Waals surface area contributed by atoms with Gasteiger partial charge in [0.15, 0.2) is 0 Å². The Morgan fingerprint density at radius 1 is 1.00 bits per heavy atom. The van der Waals surface area contributed by atoms with E-state index in [2.05, 4.69) is 5.32 Å². The second-order valence-corrected chi connectivity index (χ2v) is 15.0. The molecule has 3 N–H and O–H groups in total. The Balaban J connectivity index is 1.23. The number of rotatable bonds is 6. The highest BCUT2D eigenvalue weighted by molar-refractivity contribution is 7.52. The summed E-state index contributed by atoms with van der Waals surface area (Å²) in [7, 11) is -5.80. The van der Waals surface area contributed by atoms with Gasteiger partial charge in [0, 0.05) is 42.9 Å². The molecule has 16 heteroatoms. The number of nitrogens with zero attached hydrogens (tertiary/aromatic N) is 3. The third kappa shape index (κ3) is 6.61. The normalized spacial score (nSPS) is 23.9. The first-order valence-corrected chi connectivity index (χ1v) is 18.0. The zero-order chi connectivity index (χ0) is 34.4. The van der Waals surface area contributed by atoms with Gasteiger partial charge in [-0.25, -0.2) is 0 Å². The average Bonchev–Trinajstić information content (AvgIpc) is 3.68. The van der Waals surface area contributed by atoms with Crippen LogP contribution in [0.2, 0.25) is 0 Å². The number of fused-ring (bicyclic) bond motifs is 2. The van der Waals surface area contributed by atoms with Gasteiger partial charge in [-0.15, -0.1) is 11.3 Å². The van der Waals surface area contributed by atoms with Crippen LogP contribution in [0.4, 0.5) is 8.78 Å². The second kappa shape index (κ2) is 13.3. The molecule has 1 aromatic heterocycles. The number of benzene rings is 2. The maximum atomic E-state index is 14.3. The fourth-order valence-corrected chi connectivity index (χ4v) is 8.10. The lowest BCUT2D eigenvalue weighted by Crippen LogP contribution is -2.61. The summed E-state index contributed by atoms with van der Waals surface area (Å²) in [5.74, 6) is -1.66. The largest absolute Gasteiger partial charge is 0.399 e. The Kier molecular flexibility index (Phi) is 9.44. The van der Waals surface area contributed by atoms with E-state index in [0.717, 1.165) is 29.0 Å². The number of alkyl halides is 2. The molecular weight excluding hydrogens is 669 g/mol. The first-order valence-electron chi connectivity index (χ1n) is 15.6. The number of ether oxygens (including phenoxy) is 1. The minimum absolute atomic E-state index is 0.0664. The van der Waals surface area contributed by atoms with Gasteiger partial charge in [-0.05, 0) is 48.4 Å². The van der Waals surface area contributed by atoms with Crippen LogP contribution in [0, 0.1) is 0 Å². The minimum atomic E-state index is -5.80. The molecule has 1 unspecified atom stereocenters. The first-order chi connectivity index (χ1) is 22.7. The van der Waals surface area contributed by atoms with E-state index in [4.69, 9.17) is 14.5 Å². The van der Waals surface area contributed by atoms with E-state index >= 15 is 0 Å². The standard InChI is InChI=1S/C32H35F2N4O8PS/c1-19(39)36-12-11-23-8-9-25(31(42)37-13-14-46-26(18-37)20-5-3-2-4-6-20)38(23)30(41)24(17-36)35-29(40)28-16-21-15-22(7-10-27(21)48-28)32(33,34)47(43,44)45/h2-7,10,15-16,23-26H,8-9,11-14,17-18H2,1H3,(H,35,40)(H2,43,44,45)/t23-,24+,25+,26?/m1/s1. The monoisotopic (exact) mass is 704 g/mol. The Hall–Kier alpha value is -3.75. The summed E-state index contributed by atoms with van der Waals surface area (Å²) in [6.45, 7) is 2.62. The summed E-state index contributed by atoms with van der Waals surface area (Å²) >= 11 is 0.951. The van der Waals surface area contributed by atoms with Crippen LogP contribution in [0.3, 0.4) is 0 Å². The molecule has 0 aliphatic carbocycles. The highest BCUT2D eigenvalue weighted by Crippen LogP contribution is 2.59. The smallest absolute Gasteiger partial charge is 0.370 e. The number of halogens is 2. The number of hydrogen-bond acceptors (Lipinski definition) is 7. The molecule has 0 saturated carbocycles. The van der Waals surface area contributed by atoms with Crippen molar-refractivity contribution in [2.75, 3.05) is 32.8 Å². The van der Waals surface area contributed by atoms with Crippen molar-refractivity contribution in [1.82, 2.24) is 20.0 Å². The summed E-state index contributed by atoms with van der Waals surface area (Å²) in [5, 5.41) is 2.88. The molecule has 3 fully saturated rings. The zero-order valence-electron chi connectivity index (χ0n) is 26.0. The van der Waals surface area contributed by atoms with E-state index in [1.165, 1.54) is 24.0 Å². The van der Waals surface area contributed by atoms with E-state index in [0.29, 0.717) is 50.2 Å². The molecule has 3 aliphatic heterocycles. The third-order valence-corrected chi connectivity index (χ3v) is 11.3. The van der Waals surface area contributed by atoms with Gasteiger partial charge in [-0.3, -0.25) is 23.7 Å². The molecule has 4 heterocycles. The third-order valence-electron chi connectivity index (χ3n) is 9.23. The molecule has 2 aromatic carbocycles. The second-order valence-electron chi connectivity index (χ2n) is 12.3. The predicted octanol–water partition coefficient (Wildman–Crippen LogP) is 3.44. The van der Waals surface area contributed by atoms with Crippen LogP contribution in [0.15, 0.2) is 54.6 Å². The van der Waals surface area contributed by atoms with Gasteiger partial charge >= 0.3 is 13.3 Å². The van der Waals surface area contributed by atoms with Crippen LogP contribution >= 0.6 is 18.9 Å². The predicted molar refractivity (Wildman–Crippen MR) is 171 cm³/mol. The Morgan fingerprint density at radius 3 is 2.46 bits per heavy atom. The lowest BCUT2D eigenvalue weighted by molar-refractivity contribution is -0.152. The van der Waals surface area contributed by atoms with Gasteiger partial charge in [0.2, 0.25) is 17.7 Å². The average molecular weight is 705 g/mol. The molecule has 4 amide bonds. The molecule has 6 rings (SSSR count). The molecule has 3 aliphatic rings. The minimum Gasteiger partial charge on any atom is -0.370 e. The maximum absolute atomic E-state index is 14.3. The van der Waals surface area contributed by atoms with Gasteiger partial charge in [-0.1, -0.05) is 36.4 Å². The number of nitrogens with one attached hydrogen (secondary N) is 1. The van der Waals surface area contributed by atoms with Crippen LogP contribution in [0.25, 0.3) is 10.1 Å². The topological polar surface area (TPSA) is 157 Å². The van der Waals surface area contributed by atoms with Crippen LogP contribution in [0.1, 0.15) is 53.1 Å². The van der Waals surface area contributed by atoms with Crippen molar-refractivity contribution in [1.29, 1.82) is 0 Å². The molecule has 3 saturated heterocycles. The molecule has 48 heavy (non-hydrogen) atoms. The fourth-order valence-electron chi connectivity index (χ4n) is 6.68. The summed E-state index contributed by atoms with van der Waals surface area (Å²) in [5.41, 5.74) is -4.37. The van der Waals surface area contributed by atoms with Gasteiger partial charge in [-0.2, -0.15) is 8.78 Å². The lowest BCUT2D eigenvalue weighted by Gasteiger charge is -2.40. The van der Waals surface area contributed by atoms with E-state index in [1.54, 1.807) is 9.80 Å². The summed E-state index contributed by atoms with van der Waals surface area (Å²) in [6.07, 6.45) is 1.16. The number of hydrogen-bond donors (Lipinski definition) is 3. The number of carbonyl (C=O) groups excluding carboxylic acids is 4. The van der Waals surface area contributed by atoms with Crippen LogP contribution in [-0.4, -0.2) is 99.0 Å². The van der Waals surface area contributed by atoms with Gasteiger partial charge in [0.05, 0.1) is 18.0 Å². The Morgan fingerprint density at radius 2 is 1.75 bits per heavy atom. The van der Waals surface area contributed by atoms with E-state index in [-0.39, 0.29) is 40.8 Å². The SMILES string of the molecule is CC(=O)N1CC[C@H]2CC[C@@H](C(=O)N3CCOC(c4ccccc4)C3)N2C(=O)[C@@H](NC(=O)c2cc3cc(C(F)(F)P(=O)(O)O)ccc3s2)C1. The van der Waals surface area contributed by atoms with Gasteiger partial charge < -0.3 is 34.5 Å². The number of carbonyl (C=O) groups is 4. The van der Waals surface area contributed by atoms with Crippen LogP contribution < -0.4 is 5.32 Å². The van der Waals surface area contributed by atoms with Crippen molar-refractivity contribution >= 4 is 52.6 Å². The Bertz CT molecular complexity index is 1790. The van der Waals surface area contributed by atoms with E-state index in [1.807, 2.05) is 30.3 Å². The summed E-state index contributed by atoms with van der Waals surface area (Å²) < 4.78 is 46.4. The quantitative estimate of drug-likeness (QED) is 0.330. The van der Waals surface area contributed by atoms with Crippen molar-refractivity contribution in [2.24, 2.45) is 0 Å². The van der Waals surface area contributed by atoms with Crippen molar-refractivity contribution in [3.63, 3.8) is 0 Å². The molecule has 3 aromatic rings. The van der Waals surface area contributed by atoms with Crippen molar-refractivity contribution in [2.45, 2.75) is 56.1 Å².